The lowest BCUT2D eigenvalue weighted by Crippen LogP contribution is -2.16. The van der Waals surface area contributed by atoms with Gasteiger partial charge in [0.15, 0.2) is 0 Å². The molecule has 0 atom stereocenters. The Hall–Kier alpha value is -1.19. The summed E-state index contributed by atoms with van der Waals surface area (Å²) >= 11 is 3.43. The fourth-order valence-corrected chi connectivity index (χ4v) is 2.70. The van der Waals surface area contributed by atoms with Crippen LogP contribution in [0.25, 0.3) is 11.1 Å². The van der Waals surface area contributed by atoms with Crippen molar-refractivity contribution in [1.82, 2.24) is 5.32 Å². The van der Waals surface area contributed by atoms with Gasteiger partial charge in [0.2, 0.25) is 0 Å². The first-order chi connectivity index (χ1) is 9.63. The van der Waals surface area contributed by atoms with Crippen molar-refractivity contribution in [2.45, 2.75) is 32.4 Å². The van der Waals surface area contributed by atoms with Crippen LogP contribution in [0.4, 0.5) is 4.39 Å². The minimum Gasteiger partial charge on any atom is -0.310 e. The zero-order chi connectivity index (χ0) is 14.1. The molecule has 1 saturated carbocycles. The van der Waals surface area contributed by atoms with Crippen LogP contribution in [0.1, 0.15) is 24.0 Å². The van der Waals surface area contributed by atoms with Gasteiger partial charge in [0.25, 0.3) is 0 Å². The summed E-state index contributed by atoms with van der Waals surface area (Å²) in [5.41, 5.74) is 3.95. The SMILES string of the molecule is Cc1ccc(CNC2CC2)c(-c2cc(Br)ccc2F)c1. The molecule has 1 fully saturated rings. The molecule has 1 aliphatic rings. The third-order valence-corrected chi connectivity index (χ3v) is 4.14. The Morgan fingerprint density at radius 1 is 1.15 bits per heavy atom. The highest BCUT2D eigenvalue weighted by Crippen LogP contribution is 2.30. The van der Waals surface area contributed by atoms with Crippen LogP contribution in [-0.4, -0.2) is 6.04 Å². The van der Waals surface area contributed by atoms with E-state index < -0.39 is 0 Å². The highest BCUT2D eigenvalue weighted by Gasteiger charge is 2.21. The molecule has 0 aromatic heterocycles. The average Bonchev–Trinajstić information content (AvgIpc) is 3.24. The van der Waals surface area contributed by atoms with Crippen molar-refractivity contribution in [3.05, 3.63) is 57.8 Å². The third kappa shape index (κ3) is 3.10. The van der Waals surface area contributed by atoms with Gasteiger partial charge in [0, 0.05) is 22.6 Å². The monoisotopic (exact) mass is 333 g/mol. The molecular weight excluding hydrogens is 317 g/mol. The van der Waals surface area contributed by atoms with Crippen molar-refractivity contribution in [3.63, 3.8) is 0 Å². The number of benzene rings is 2. The summed E-state index contributed by atoms with van der Waals surface area (Å²) in [5, 5.41) is 3.50. The summed E-state index contributed by atoms with van der Waals surface area (Å²) in [4.78, 5) is 0. The highest BCUT2D eigenvalue weighted by atomic mass is 79.9. The van der Waals surface area contributed by atoms with E-state index in [1.807, 2.05) is 13.0 Å². The van der Waals surface area contributed by atoms with Crippen LogP contribution < -0.4 is 5.32 Å². The van der Waals surface area contributed by atoms with Crippen LogP contribution in [0.2, 0.25) is 0 Å². The normalized spacial score (nSPS) is 14.6. The topological polar surface area (TPSA) is 12.0 Å². The molecular formula is C17H17BrFN. The Bertz CT molecular complexity index is 635. The number of aryl methyl sites for hydroxylation is 1. The van der Waals surface area contributed by atoms with E-state index in [1.54, 1.807) is 6.07 Å². The molecule has 1 N–H and O–H groups in total. The molecule has 104 valence electrons. The molecule has 0 radical (unpaired) electrons. The van der Waals surface area contributed by atoms with E-state index in [1.165, 1.54) is 18.9 Å². The fourth-order valence-electron chi connectivity index (χ4n) is 2.34. The maximum atomic E-state index is 14.1. The van der Waals surface area contributed by atoms with Gasteiger partial charge in [-0.25, -0.2) is 4.39 Å². The highest BCUT2D eigenvalue weighted by molar-refractivity contribution is 9.10. The number of halogens is 2. The van der Waals surface area contributed by atoms with E-state index in [0.29, 0.717) is 11.6 Å². The van der Waals surface area contributed by atoms with Crippen LogP contribution in [0.3, 0.4) is 0 Å². The van der Waals surface area contributed by atoms with Gasteiger partial charge in [-0.1, -0.05) is 39.7 Å². The fraction of sp³-hybridized carbons (Fsp3) is 0.294. The van der Waals surface area contributed by atoms with Gasteiger partial charge in [-0.3, -0.25) is 0 Å². The molecule has 1 nitrogen and oxygen atoms in total. The summed E-state index contributed by atoms with van der Waals surface area (Å²) in [6.07, 6.45) is 2.51. The first kappa shape index (κ1) is 13.8. The van der Waals surface area contributed by atoms with E-state index in [0.717, 1.165) is 27.7 Å². The van der Waals surface area contributed by atoms with E-state index in [-0.39, 0.29) is 5.82 Å². The molecule has 0 amide bonds. The minimum atomic E-state index is -0.175. The zero-order valence-electron chi connectivity index (χ0n) is 11.4. The lowest BCUT2D eigenvalue weighted by Gasteiger charge is -2.13. The zero-order valence-corrected chi connectivity index (χ0v) is 13.0. The van der Waals surface area contributed by atoms with Crippen molar-refractivity contribution in [1.29, 1.82) is 0 Å². The van der Waals surface area contributed by atoms with Crippen LogP contribution in [0, 0.1) is 12.7 Å². The van der Waals surface area contributed by atoms with Gasteiger partial charge in [0.05, 0.1) is 0 Å². The second kappa shape index (κ2) is 5.66. The average molecular weight is 334 g/mol. The molecule has 3 heteroatoms. The standard InChI is InChI=1S/C17H17BrFN/c1-11-2-3-12(10-20-14-5-6-14)15(8-11)16-9-13(18)4-7-17(16)19/h2-4,7-9,14,20H,5-6,10H2,1H3. The lowest BCUT2D eigenvalue weighted by molar-refractivity contribution is 0.630. The molecule has 0 heterocycles. The number of hydrogen-bond donors (Lipinski definition) is 1. The van der Waals surface area contributed by atoms with Gasteiger partial charge in [0.1, 0.15) is 5.82 Å². The largest absolute Gasteiger partial charge is 0.310 e. The summed E-state index contributed by atoms with van der Waals surface area (Å²) in [6, 6.07) is 12.0. The molecule has 1 aliphatic carbocycles. The lowest BCUT2D eigenvalue weighted by atomic mass is 9.97. The molecule has 3 rings (SSSR count). The summed E-state index contributed by atoms with van der Waals surface area (Å²) in [7, 11) is 0. The number of hydrogen-bond acceptors (Lipinski definition) is 1. The minimum absolute atomic E-state index is 0.175. The number of nitrogens with one attached hydrogen (secondary N) is 1. The Morgan fingerprint density at radius 3 is 2.70 bits per heavy atom. The summed E-state index contributed by atoms with van der Waals surface area (Å²) in [6.45, 7) is 2.84. The van der Waals surface area contributed by atoms with Crippen molar-refractivity contribution in [2.75, 3.05) is 0 Å². The second-order valence-electron chi connectivity index (χ2n) is 5.44. The molecule has 0 spiro atoms. The van der Waals surface area contributed by atoms with Crippen molar-refractivity contribution in [2.24, 2.45) is 0 Å². The van der Waals surface area contributed by atoms with Crippen molar-refractivity contribution in [3.8, 4) is 11.1 Å². The van der Waals surface area contributed by atoms with E-state index in [2.05, 4.69) is 39.4 Å². The Kier molecular flexibility index (Phi) is 3.90. The van der Waals surface area contributed by atoms with E-state index in [9.17, 15) is 4.39 Å². The number of rotatable bonds is 4. The predicted octanol–water partition coefficient (Wildman–Crippen LogP) is 4.82. The van der Waals surface area contributed by atoms with Gasteiger partial charge in [-0.05, 0) is 49.1 Å². The van der Waals surface area contributed by atoms with E-state index >= 15 is 0 Å². The Balaban J connectivity index is 2.00. The van der Waals surface area contributed by atoms with Gasteiger partial charge in [-0.2, -0.15) is 0 Å². The molecule has 0 unspecified atom stereocenters. The predicted molar refractivity (Wildman–Crippen MR) is 84.1 cm³/mol. The maximum Gasteiger partial charge on any atom is 0.131 e. The quantitative estimate of drug-likeness (QED) is 0.846. The molecule has 0 aliphatic heterocycles. The molecule has 2 aromatic carbocycles. The smallest absolute Gasteiger partial charge is 0.131 e. The van der Waals surface area contributed by atoms with Crippen molar-refractivity contribution >= 4 is 15.9 Å². The second-order valence-corrected chi connectivity index (χ2v) is 6.36. The molecule has 0 saturated heterocycles. The summed E-state index contributed by atoms with van der Waals surface area (Å²) in [5.74, 6) is -0.175. The summed E-state index contributed by atoms with van der Waals surface area (Å²) < 4.78 is 15.0. The van der Waals surface area contributed by atoms with Crippen molar-refractivity contribution < 1.29 is 4.39 Å². The van der Waals surface area contributed by atoms with Crippen LogP contribution in [0.5, 0.6) is 0 Å². The first-order valence-corrected chi connectivity index (χ1v) is 7.71. The molecule has 0 bridgehead atoms. The first-order valence-electron chi connectivity index (χ1n) is 6.92. The van der Waals surface area contributed by atoms with Crippen LogP contribution in [-0.2, 0) is 6.54 Å². The molecule has 20 heavy (non-hydrogen) atoms. The molecule has 2 aromatic rings. The Morgan fingerprint density at radius 2 is 1.95 bits per heavy atom. The van der Waals surface area contributed by atoms with Crippen LogP contribution in [0.15, 0.2) is 40.9 Å². The third-order valence-electron chi connectivity index (χ3n) is 3.64. The van der Waals surface area contributed by atoms with Gasteiger partial charge < -0.3 is 5.32 Å². The van der Waals surface area contributed by atoms with E-state index in [4.69, 9.17) is 0 Å². The maximum absolute atomic E-state index is 14.1. The van der Waals surface area contributed by atoms with Crippen LogP contribution >= 0.6 is 15.9 Å². The van der Waals surface area contributed by atoms with Gasteiger partial charge >= 0.3 is 0 Å². The van der Waals surface area contributed by atoms with Gasteiger partial charge in [-0.15, -0.1) is 0 Å². The Labute approximate surface area is 127 Å².